The molecule has 2 aromatic heterocycles. The van der Waals surface area contributed by atoms with Crippen LogP contribution >= 0.6 is 15.9 Å². The minimum atomic E-state index is -0.387. The van der Waals surface area contributed by atoms with Crippen LogP contribution in [-0.4, -0.2) is 41.7 Å². The quantitative estimate of drug-likeness (QED) is 0.430. The molecule has 6 nitrogen and oxygen atoms in total. The highest BCUT2D eigenvalue weighted by Crippen LogP contribution is 2.29. The van der Waals surface area contributed by atoms with Crippen molar-refractivity contribution in [3.63, 3.8) is 0 Å². The number of benzene rings is 1. The molecule has 0 amide bonds. The Morgan fingerprint density at radius 1 is 1.12 bits per heavy atom. The van der Waals surface area contributed by atoms with Crippen LogP contribution in [0.5, 0.6) is 5.75 Å². The molecule has 1 fully saturated rings. The molecule has 4 rings (SSSR count). The van der Waals surface area contributed by atoms with Crippen molar-refractivity contribution in [2.75, 3.05) is 24.6 Å². The highest BCUT2D eigenvalue weighted by Gasteiger charge is 2.22. The van der Waals surface area contributed by atoms with Gasteiger partial charge in [-0.15, -0.1) is 0 Å². The lowest BCUT2D eigenvalue weighted by molar-refractivity contribution is 0.0526. The molecule has 8 heteroatoms. The van der Waals surface area contributed by atoms with E-state index in [-0.39, 0.29) is 17.9 Å². The molecule has 0 N–H and O–H groups in total. The number of ether oxygens (including phenoxy) is 2. The molecular weight excluding hydrogens is 477 g/mol. The highest BCUT2D eigenvalue weighted by molar-refractivity contribution is 9.10. The fraction of sp³-hybridized carbons (Fsp3) is 0.292. The first-order valence-electron chi connectivity index (χ1n) is 10.5. The number of nitrogens with zero attached hydrogens (tertiary/aromatic N) is 3. The Morgan fingerprint density at radius 3 is 2.66 bits per heavy atom. The van der Waals surface area contributed by atoms with E-state index in [1.165, 1.54) is 18.3 Å². The Kier molecular flexibility index (Phi) is 6.99. The fourth-order valence-electron chi connectivity index (χ4n) is 3.62. The van der Waals surface area contributed by atoms with E-state index in [0.717, 1.165) is 47.3 Å². The molecule has 1 saturated heterocycles. The number of aromatic nitrogens is 2. The number of pyridine rings is 2. The van der Waals surface area contributed by atoms with Gasteiger partial charge in [0.25, 0.3) is 0 Å². The third-order valence-corrected chi connectivity index (χ3v) is 5.94. The van der Waals surface area contributed by atoms with E-state index in [1.807, 2.05) is 12.1 Å². The number of carbonyl (C=O) groups excluding carboxylic acids is 1. The van der Waals surface area contributed by atoms with Gasteiger partial charge < -0.3 is 14.4 Å². The van der Waals surface area contributed by atoms with E-state index in [4.69, 9.17) is 9.47 Å². The fourth-order valence-corrected chi connectivity index (χ4v) is 3.96. The largest absolute Gasteiger partial charge is 0.489 e. The van der Waals surface area contributed by atoms with Crippen molar-refractivity contribution >= 4 is 27.7 Å². The molecule has 166 valence electrons. The summed E-state index contributed by atoms with van der Waals surface area (Å²) < 4.78 is 25.3. The van der Waals surface area contributed by atoms with Crippen molar-refractivity contribution in [1.29, 1.82) is 0 Å². The number of anilines is 1. The second-order valence-electron chi connectivity index (χ2n) is 7.47. The molecule has 0 atom stereocenters. The van der Waals surface area contributed by atoms with E-state index in [0.29, 0.717) is 17.9 Å². The number of hydrogen-bond donors (Lipinski definition) is 0. The van der Waals surface area contributed by atoms with Crippen molar-refractivity contribution in [3.8, 4) is 16.9 Å². The van der Waals surface area contributed by atoms with Gasteiger partial charge in [0, 0.05) is 61.7 Å². The summed E-state index contributed by atoms with van der Waals surface area (Å²) in [7, 11) is 0. The van der Waals surface area contributed by atoms with Crippen molar-refractivity contribution in [3.05, 3.63) is 70.8 Å². The van der Waals surface area contributed by atoms with E-state index >= 15 is 0 Å². The summed E-state index contributed by atoms with van der Waals surface area (Å²) in [4.78, 5) is 22.9. The summed E-state index contributed by atoms with van der Waals surface area (Å²) in [5.41, 5.74) is 2.10. The average Bonchev–Trinajstić information content (AvgIpc) is 2.82. The van der Waals surface area contributed by atoms with Crippen LogP contribution in [0.3, 0.4) is 0 Å². The maximum atomic E-state index is 13.5. The molecule has 0 spiro atoms. The van der Waals surface area contributed by atoms with Gasteiger partial charge in [0.15, 0.2) is 0 Å². The van der Waals surface area contributed by atoms with Gasteiger partial charge in [-0.3, -0.25) is 4.98 Å². The maximum absolute atomic E-state index is 13.5. The summed E-state index contributed by atoms with van der Waals surface area (Å²) in [6.07, 6.45) is 6.65. The highest BCUT2D eigenvalue weighted by atomic mass is 79.9. The predicted octanol–water partition coefficient (Wildman–Crippen LogP) is 5.27. The molecule has 0 aliphatic carbocycles. The van der Waals surface area contributed by atoms with Gasteiger partial charge >= 0.3 is 5.97 Å². The summed E-state index contributed by atoms with van der Waals surface area (Å²) in [6, 6.07) is 10.2. The SMILES string of the molecule is CCOC(=O)c1cncc(-c2ccc(N3CCC(Oc4cc(F)ccc4Br)CC3)nc2)c1. The first-order valence-corrected chi connectivity index (χ1v) is 11.3. The van der Waals surface area contributed by atoms with Crippen LogP contribution in [0.15, 0.2) is 59.5 Å². The molecule has 0 unspecified atom stereocenters. The Labute approximate surface area is 194 Å². The molecule has 1 aliphatic heterocycles. The van der Waals surface area contributed by atoms with Crippen LogP contribution in [0.1, 0.15) is 30.1 Å². The Hall–Kier alpha value is -3.00. The van der Waals surface area contributed by atoms with Crippen LogP contribution < -0.4 is 9.64 Å². The van der Waals surface area contributed by atoms with Gasteiger partial charge in [0.1, 0.15) is 23.5 Å². The van der Waals surface area contributed by atoms with Crippen LogP contribution in [-0.2, 0) is 4.74 Å². The second kappa shape index (κ2) is 10.1. The second-order valence-corrected chi connectivity index (χ2v) is 8.32. The number of rotatable bonds is 6. The van der Waals surface area contributed by atoms with Gasteiger partial charge in [0.2, 0.25) is 0 Å². The zero-order chi connectivity index (χ0) is 22.5. The molecule has 32 heavy (non-hydrogen) atoms. The molecule has 1 aliphatic rings. The van der Waals surface area contributed by atoms with Crippen molar-refractivity contribution in [1.82, 2.24) is 9.97 Å². The molecule has 3 aromatic rings. The first-order chi connectivity index (χ1) is 15.5. The molecular formula is C24H23BrFN3O3. The monoisotopic (exact) mass is 499 g/mol. The number of hydrogen-bond acceptors (Lipinski definition) is 6. The Balaban J connectivity index is 1.38. The standard InChI is InChI=1S/C24H23BrFN3O3/c1-2-31-24(30)18-11-17(13-27-14-18)16-3-6-23(28-15-16)29-9-7-20(8-10-29)32-22-12-19(26)4-5-21(22)25/h3-6,11-15,20H,2,7-10H2,1H3. The summed E-state index contributed by atoms with van der Waals surface area (Å²) in [5, 5.41) is 0. The minimum absolute atomic E-state index is 0.0281. The summed E-state index contributed by atoms with van der Waals surface area (Å²) in [5.74, 6) is 0.716. The zero-order valence-electron chi connectivity index (χ0n) is 17.6. The number of halogens is 2. The normalized spacial score (nSPS) is 14.3. The maximum Gasteiger partial charge on any atom is 0.339 e. The van der Waals surface area contributed by atoms with E-state index in [9.17, 15) is 9.18 Å². The van der Waals surface area contributed by atoms with Gasteiger partial charge in [-0.2, -0.15) is 0 Å². The van der Waals surface area contributed by atoms with Crippen LogP contribution in [0, 0.1) is 5.82 Å². The molecule has 0 radical (unpaired) electrons. The average molecular weight is 500 g/mol. The third-order valence-electron chi connectivity index (χ3n) is 5.28. The topological polar surface area (TPSA) is 64.5 Å². The summed E-state index contributed by atoms with van der Waals surface area (Å²) in [6.45, 7) is 3.68. The smallest absolute Gasteiger partial charge is 0.339 e. The predicted molar refractivity (Wildman–Crippen MR) is 123 cm³/mol. The van der Waals surface area contributed by atoms with Crippen LogP contribution in [0.2, 0.25) is 0 Å². The van der Waals surface area contributed by atoms with E-state index in [2.05, 4.69) is 30.8 Å². The number of esters is 1. The van der Waals surface area contributed by atoms with Crippen molar-refractivity contribution in [2.45, 2.75) is 25.9 Å². The number of piperidine rings is 1. The molecule has 3 heterocycles. The van der Waals surface area contributed by atoms with Gasteiger partial charge in [0.05, 0.1) is 16.6 Å². The lowest BCUT2D eigenvalue weighted by Gasteiger charge is -2.33. The number of carbonyl (C=O) groups is 1. The van der Waals surface area contributed by atoms with Gasteiger partial charge in [-0.05, 0) is 53.2 Å². The van der Waals surface area contributed by atoms with Gasteiger partial charge in [-0.25, -0.2) is 14.2 Å². The van der Waals surface area contributed by atoms with E-state index in [1.54, 1.807) is 31.5 Å². The van der Waals surface area contributed by atoms with Gasteiger partial charge in [-0.1, -0.05) is 0 Å². The Morgan fingerprint density at radius 2 is 1.94 bits per heavy atom. The van der Waals surface area contributed by atoms with Crippen molar-refractivity contribution in [2.24, 2.45) is 0 Å². The third kappa shape index (κ3) is 5.24. The molecule has 0 bridgehead atoms. The van der Waals surface area contributed by atoms with E-state index < -0.39 is 0 Å². The minimum Gasteiger partial charge on any atom is -0.489 e. The lowest BCUT2D eigenvalue weighted by Crippen LogP contribution is -2.38. The Bertz CT molecular complexity index is 1090. The zero-order valence-corrected chi connectivity index (χ0v) is 19.2. The molecule has 1 aromatic carbocycles. The lowest BCUT2D eigenvalue weighted by atomic mass is 10.1. The molecule has 0 saturated carbocycles. The summed E-state index contributed by atoms with van der Waals surface area (Å²) >= 11 is 3.41. The van der Waals surface area contributed by atoms with Crippen molar-refractivity contribution < 1.29 is 18.7 Å². The first kappa shape index (κ1) is 22.2. The van der Waals surface area contributed by atoms with Crippen LogP contribution in [0.25, 0.3) is 11.1 Å². The van der Waals surface area contributed by atoms with Crippen LogP contribution in [0.4, 0.5) is 10.2 Å².